The van der Waals surface area contributed by atoms with Gasteiger partial charge in [-0.05, 0) is 40.5 Å². The van der Waals surface area contributed by atoms with Gasteiger partial charge >= 0.3 is 0 Å². The van der Waals surface area contributed by atoms with Crippen LogP contribution in [0.4, 0.5) is 5.69 Å². The van der Waals surface area contributed by atoms with Gasteiger partial charge in [0.05, 0.1) is 5.69 Å². The van der Waals surface area contributed by atoms with E-state index in [1.807, 2.05) is 25.1 Å². The van der Waals surface area contributed by atoms with Gasteiger partial charge in [0, 0.05) is 30.9 Å². The summed E-state index contributed by atoms with van der Waals surface area (Å²) in [6, 6.07) is 5.83. The summed E-state index contributed by atoms with van der Waals surface area (Å²) in [4.78, 5) is 24.6. The highest BCUT2D eigenvalue weighted by Gasteiger charge is 2.14. The fraction of sp³-hybridized carbons (Fsp3) is 0.429. The van der Waals surface area contributed by atoms with Crippen LogP contribution in [0.1, 0.15) is 25.8 Å². The molecule has 0 saturated heterocycles. The van der Waals surface area contributed by atoms with Crippen LogP contribution in [0, 0.1) is 6.92 Å². The molecule has 0 aliphatic carbocycles. The Kier molecular flexibility index (Phi) is 6.02. The summed E-state index contributed by atoms with van der Waals surface area (Å²) in [5.41, 5.74) is 1.95. The van der Waals surface area contributed by atoms with Crippen molar-refractivity contribution in [2.45, 2.75) is 27.2 Å². The molecule has 0 unspecified atom stereocenters. The van der Waals surface area contributed by atoms with E-state index in [2.05, 4.69) is 21.2 Å². The van der Waals surface area contributed by atoms with Gasteiger partial charge in [-0.15, -0.1) is 0 Å². The number of aryl methyl sites for hydroxylation is 1. The van der Waals surface area contributed by atoms with Crippen LogP contribution < -0.4 is 10.2 Å². The summed E-state index contributed by atoms with van der Waals surface area (Å²) in [6.07, 6.45) is 0.453. The lowest BCUT2D eigenvalue weighted by Crippen LogP contribution is -2.37. The van der Waals surface area contributed by atoms with Crippen LogP contribution in [0.25, 0.3) is 0 Å². The normalized spacial score (nSPS) is 10.1. The number of hydrogen-bond donors (Lipinski definition) is 1. The molecule has 5 heteroatoms. The van der Waals surface area contributed by atoms with Gasteiger partial charge in [-0.25, -0.2) is 0 Å². The van der Waals surface area contributed by atoms with E-state index >= 15 is 0 Å². The van der Waals surface area contributed by atoms with E-state index in [0.29, 0.717) is 19.5 Å². The number of amides is 2. The van der Waals surface area contributed by atoms with Crippen molar-refractivity contribution in [2.75, 3.05) is 18.0 Å². The van der Waals surface area contributed by atoms with Crippen LogP contribution in [-0.2, 0) is 9.59 Å². The standard InChI is InChI=1S/C14H19BrN2O2/c1-4-14(19)16-7-8-17(11(3)18)13-6-5-10(2)9-12(13)15/h5-6,9H,4,7-8H2,1-3H3,(H,16,19). The maximum Gasteiger partial charge on any atom is 0.223 e. The van der Waals surface area contributed by atoms with Crippen molar-refractivity contribution < 1.29 is 9.59 Å². The number of hydrogen-bond acceptors (Lipinski definition) is 2. The van der Waals surface area contributed by atoms with E-state index in [-0.39, 0.29) is 11.8 Å². The smallest absolute Gasteiger partial charge is 0.223 e. The number of halogens is 1. The summed E-state index contributed by atoms with van der Waals surface area (Å²) >= 11 is 3.47. The zero-order chi connectivity index (χ0) is 14.4. The Morgan fingerprint density at radius 1 is 1.37 bits per heavy atom. The first-order valence-electron chi connectivity index (χ1n) is 6.26. The van der Waals surface area contributed by atoms with Crippen LogP contribution in [-0.4, -0.2) is 24.9 Å². The molecule has 19 heavy (non-hydrogen) atoms. The number of anilines is 1. The summed E-state index contributed by atoms with van der Waals surface area (Å²) in [7, 11) is 0. The van der Waals surface area contributed by atoms with Crippen molar-refractivity contribution in [3.63, 3.8) is 0 Å². The van der Waals surface area contributed by atoms with Gasteiger partial charge in [-0.3, -0.25) is 9.59 Å². The molecule has 0 aliphatic heterocycles. The quantitative estimate of drug-likeness (QED) is 0.904. The van der Waals surface area contributed by atoms with Gasteiger partial charge in [0.25, 0.3) is 0 Å². The second-order valence-corrected chi connectivity index (χ2v) is 5.18. The molecule has 1 N–H and O–H groups in total. The summed E-state index contributed by atoms with van der Waals surface area (Å²) in [6.45, 7) is 6.23. The Bertz CT molecular complexity index is 475. The number of benzene rings is 1. The molecule has 0 radical (unpaired) electrons. The van der Waals surface area contributed by atoms with Crippen molar-refractivity contribution in [1.29, 1.82) is 0 Å². The van der Waals surface area contributed by atoms with Crippen LogP contribution in [0.5, 0.6) is 0 Å². The molecule has 1 aromatic carbocycles. The highest BCUT2D eigenvalue weighted by Crippen LogP contribution is 2.27. The average molecular weight is 327 g/mol. The Morgan fingerprint density at radius 3 is 2.58 bits per heavy atom. The lowest BCUT2D eigenvalue weighted by molar-refractivity contribution is -0.121. The van der Waals surface area contributed by atoms with E-state index in [0.717, 1.165) is 15.7 Å². The molecule has 0 spiro atoms. The zero-order valence-corrected chi connectivity index (χ0v) is 13.1. The van der Waals surface area contributed by atoms with Gasteiger partial charge in [0.1, 0.15) is 0 Å². The fourth-order valence-corrected chi connectivity index (χ4v) is 2.42. The predicted molar refractivity (Wildman–Crippen MR) is 80.2 cm³/mol. The molecule has 1 rings (SSSR count). The Hall–Kier alpha value is -1.36. The minimum Gasteiger partial charge on any atom is -0.354 e. The van der Waals surface area contributed by atoms with Crippen molar-refractivity contribution in [3.05, 3.63) is 28.2 Å². The van der Waals surface area contributed by atoms with Crippen molar-refractivity contribution in [1.82, 2.24) is 5.32 Å². The van der Waals surface area contributed by atoms with E-state index in [1.165, 1.54) is 6.92 Å². The molecule has 1 aromatic rings. The number of rotatable bonds is 5. The summed E-state index contributed by atoms with van der Waals surface area (Å²) in [5.74, 6) is -0.0539. The third-order valence-corrected chi connectivity index (χ3v) is 3.39. The van der Waals surface area contributed by atoms with Crippen LogP contribution in [0.2, 0.25) is 0 Å². The van der Waals surface area contributed by atoms with Gasteiger partial charge in [-0.1, -0.05) is 13.0 Å². The SMILES string of the molecule is CCC(=O)NCCN(C(C)=O)c1ccc(C)cc1Br. The minimum atomic E-state index is -0.0460. The number of carbonyl (C=O) groups is 2. The summed E-state index contributed by atoms with van der Waals surface area (Å²) in [5, 5.41) is 2.77. The minimum absolute atomic E-state index is 0.00789. The Labute approximate surface area is 122 Å². The first kappa shape index (κ1) is 15.7. The molecule has 0 aromatic heterocycles. The third kappa shape index (κ3) is 4.67. The monoisotopic (exact) mass is 326 g/mol. The predicted octanol–water partition coefficient (Wildman–Crippen LogP) is 2.64. The van der Waals surface area contributed by atoms with Gasteiger partial charge in [-0.2, -0.15) is 0 Å². The molecule has 0 aliphatic rings. The number of nitrogens with one attached hydrogen (secondary N) is 1. The van der Waals surface area contributed by atoms with E-state index < -0.39 is 0 Å². The van der Waals surface area contributed by atoms with Gasteiger partial charge in [0.15, 0.2) is 0 Å². The van der Waals surface area contributed by atoms with Crippen molar-refractivity contribution in [2.24, 2.45) is 0 Å². The Morgan fingerprint density at radius 2 is 2.05 bits per heavy atom. The first-order chi connectivity index (χ1) is 8.95. The largest absolute Gasteiger partial charge is 0.354 e. The molecular formula is C14H19BrN2O2. The van der Waals surface area contributed by atoms with Crippen LogP contribution in [0.3, 0.4) is 0 Å². The highest BCUT2D eigenvalue weighted by molar-refractivity contribution is 9.10. The molecule has 0 fully saturated rings. The lowest BCUT2D eigenvalue weighted by Gasteiger charge is -2.23. The topological polar surface area (TPSA) is 49.4 Å². The van der Waals surface area contributed by atoms with Crippen LogP contribution in [0.15, 0.2) is 22.7 Å². The first-order valence-corrected chi connectivity index (χ1v) is 7.06. The zero-order valence-electron chi connectivity index (χ0n) is 11.5. The van der Waals surface area contributed by atoms with Crippen molar-refractivity contribution >= 4 is 33.4 Å². The van der Waals surface area contributed by atoms with Crippen molar-refractivity contribution in [3.8, 4) is 0 Å². The van der Waals surface area contributed by atoms with Crippen LogP contribution >= 0.6 is 15.9 Å². The molecule has 4 nitrogen and oxygen atoms in total. The lowest BCUT2D eigenvalue weighted by atomic mass is 10.2. The highest BCUT2D eigenvalue weighted by atomic mass is 79.9. The van der Waals surface area contributed by atoms with E-state index in [4.69, 9.17) is 0 Å². The third-order valence-electron chi connectivity index (χ3n) is 2.75. The molecule has 0 bridgehead atoms. The Balaban J connectivity index is 2.77. The molecule has 2 amide bonds. The number of nitrogens with zero attached hydrogens (tertiary/aromatic N) is 1. The van der Waals surface area contributed by atoms with E-state index in [1.54, 1.807) is 11.8 Å². The fourth-order valence-electron chi connectivity index (χ4n) is 1.71. The molecule has 0 atom stereocenters. The second kappa shape index (κ2) is 7.28. The average Bonchev–Trinajstić information content (AvgIpc) is 2.35. The number of carbonyl (C=O) groups excluding carboxylic acids is 2. The molecule has 104 valence electrons. The molecule has 0 heterocycles. The maximum absolute atomic E-state index is 11.7. The van der Waals surface area contributed by atoms with Gasteiger partial charge < -0.3 is 10.2 Å². The molecule has 0 saturated carbocycles. The summed E-state index contributed by atoms with van der Waals surface area (Å²) < 4.78 is 0.879. The van der Waals surface area contributed by atoms with E-state index in [9.17, 15) is 9.59 Å². The maximum atomic E-state index is 11.7. The van der Waals surface area contributed by atoms with Gasteiger partial charge in [0.2, 0.25) is 11.8 Å². The molecular weight excluding hydrogens is 308 g/mol. The second-order valence-electron chi connectivity index (χ2n) is 4.33.